The van der Waals surface area contributed by atoms with Crippen LogP contribution in [0.4, 0.5) is 10.1 Å². The van der Waals surface area contributed by atoms with E-state index in [1.165, 1.54) is 18.2 Å². The molecule has 2 aromatic carbocycles. The molecule has 4 aromatic rings. The second-order valence-electron chi connectivity index (χ2n) is 6.95. The number of para-hydroxylation sites is 1. The van der Waals surface area contributed by atoms with Crippen molar-refractivity contribution in [2.45, 2.75) is 13.8 Å². The Bertz CT molecular complexity index is 1220. The molecule has 1 N–H and O–H groups in total. The predicted molar refractivity (Wildman–Crippen MR) is 114 cm³/mol. The van der Waals surface area contributed by atoms with Crippen molar-refractivity contribution in [2.75, 3.05) is 5.32 Å². The number of imidazole rings is 1. The molecule has 29 heavy (non-hydrogen) atoms. The molecule has 4 rings (SSSR count). The van der Waals surface area contributed by atoms with E-state index in [2.05, 4.69) is 5.32 Å². The summed E-state index contributed by atoms with van der Waals surface area (Å²) in [7, 11) is 0. The van der Waals surface area contributed by atoms with E-state index >= 15 is 0 Å². The topological polar surface area (TPSA) is 46.4 Å². The van der Waals surface area contributed by atoms with E-state index in [0.717, 1.165) is 33.7 Å². The molecule has 0 bridgehead atoms. The summed E-state index contributed by atoms with van der Waals surface area (Å²) >= 11 is 0. The number of anilines is 1. The maximum absolute atomic E-state index is 13.8. The molecule has 0 aliphatic rings. The first-order valence-electron chi connectivity index (χ1n) is 9.30. The van der Waals surface area contributed by atoms with Crippen molar-refractivity contribution in [3.63, 3.8) is 0 Å². The molecule has 144 valence electrons. The van der Waals surface area contributed by atoms with Gasteiger partial charge in [0.2, 0.25) is 5.91 Å². The molecule has 1 amide bonds. The summed E-state index contributed by atoms with van der Waals surface area (Å²) in [6.45, 7) is 4.04. The van der Waals surface area contributed by atoms with Crippen LogP contribution >= 0.6 is 0 Å². The Labute approximate surface area is 168 Å². The third kappa shape index (κ3) is 3.94. The average molecular weight is 385 g/mol. The molecule has 0 aliphatic carbocycles. The van der Waals surface area contributed by atoms with Gasteiger partial charge in [0.05, 0.1) is 17.1 Å². The molecule has 0 spiro atoms. The third-order valence-electron chi connectivity index (χ3n) is 4.67. The van der Waals surface area contributed by atoms with Crippen LogP contribution in [0.25, 0.3) is 23.0 Å². The van der Waals surface area contributed by atoms with Gasteiger partial charge in [0, 0.05) is 17.8 Å². The van der Waals surface area contributed by atoms with Crippen molar-refractivity contribution in [1.29, 1.82) is 0 Å². The smallest absolute Gasteiger partial charge is 0.248 e. The van der Waals surface area contributed by atoms with Crippen molar-refractivity contribution < 1.29 is 9.18 Å². The molecule has 0 fully saturated rings. The van der Waals surface area contributed by atoms with Crippen LogP contribution in [-0.4, -0.2) is 15.3 Å². The van der Waals surface area contributed by atoms with E-state index < -0.39 is 11.7 Å². The van der Waals surface area contributed by atoms with Gasteiger partial charge < -0.3 is 5.32 Å². The maximum atomic E-state index is 13.8. The summed E-state index contributed by atoms with van der Waals surface area (Å²) in [5.74, 6) is -0.883. The number of aromatic nitrogens is 2. The fourth-order valence-corrected chi connectivity index (χ4v) is 3.14. The second kappa shape index (κ2) is 7.72. The van der Waals surface area contributed by atoms with Crippen LogP contribution in [0.5, 0.6) is 0 Å². The Hall–Kier alpha value is -3.73. The Balaban J connectivity index is 1.72. The van der Waals surface area contributed by atoms with Crippen LogP contribution in [-0.2, 0) is 4.79 Å². The van der Waals surface area contributed by atoms with Crippen molar-refractivity contribution >= 4 is 23.3 Å². The van der Waals surface area contributed by atoms with Crippen molar-refractivity contribution in [3.8, 4) is 11.3 Å². The number of nitrogens with zero attached hydrogens (tertiary/aromatic N) is 2. The lowest BCUT2D eigenvalue weighted by atomic mass is 10.1. The van der Waals surface area contributed by atoms with E-state index in [1.807, 2.05) is 60.8 Å². The van der Waals surface area contributed by atoms with E-state index in [-0.39, 0.29) is 5.69 Å². The normalized spacial score (nSPS) is 11.3. The molecule has 0 aliphatic heterocycles. The summed E-state index contributed by atoms with van der Waals surface area (Å²) in [5.41, 5.74) is 5.74. The number of amides is 1. The van der Waals surface area contributed by atoms with E-state index in [9.17, 15) is 9.18 Å². The van der Waals surface area contributed by atoms with Crippen LogP contribution < -0.4 is 5.32 Å². The van der Waals surface area contributed by atoms with Crippen LogP contribution in [0.15, 0.2) is 72.9 Å². The lowest BCUT2D eigenvalue weighted by Gasteiger charge is -2.04. The lowest BCUT2D eigenvalue weighted by Crippen LogP contribution is -2.09. The predicted octanol–water partition coefficient (Wildman–Crippen LogP) is 5.41. The summed E-state index contributed by atoms with van der Waals surface area (Å²) < 4.78 is 15.7. The minimum absolute atomic E-state index is 0.148. The van der Waals surface area contributed by atoms with Crippen molar-refractivity contribution in [1.82, 2.24) is 9.38 Å². The highest BCUT2D eigenvalue weighted by Gasteiger charge is 2.13. The molecule has 5 heteroatoms. The maximum Gasteiger partial charge on any atom is 0.248 e. The Morgan fingerprint density at radius 1 is 1.03 bits per heavy atom. The van der Waals surface area contributed by atoms with Gasteiger partial charge in [-0.2, -0.15) is 0 Å². The number of halogens is 1. The molecule has 0 unspecified atom stereocenters. The van der Waals surface area contributed by atoms with E-state index in [4.69, 9.17) is 4.98 Å². The molecular formula is C24H20FN3O. The number of aryl methyl sites for hydroxylation is 2. The first kappa shape index (κ1) is 18.6. The number of hydrogen-bond donors (Lipinski definition) is 1. The number of carbonyl (C=O) groups is 1. The quantitative estimate of drug-likeness (QED) is 0.478. The van der Waals surface area contributed by atoms with Gasteiger partial charge in [-0.3, -0.25) is 9.20 Å². The first-order valence-corrected chi connectivity index (χ1v) is 9.30. The number of rotatable bonds is 4. The largest absolute Gasteiger partial charge is 0.320 e. The van der Waals surface area contributed by atoms with Gasteiger partial charge >= 0.3 is 0 Å². The zero-order valence-electron chi connectivity index (χ0n) is 16.2. The fourth-order valence-electron chi connectivity index (χ4n) is 3.14. The summed E-state index contributed by atoms with van der Waals surface area (Å²) in [4.78, 5) is 17.1. The van der Waals surface area contributed by atoms with Crippen molar-refractivity contribution in [2.24, 2.45) is 0 Å². The van der Waals surface area contributed by atoms with Crippen molar-refractivity contribution in [3.05, 3.63) is 95.6 Å². The summed E-state index contributed by atoms with van der Waals surface area (Å²) in [5, 5.41) is 2.57. The van der Waals surface area contributed by atoms with Crippen LogP contribution in [0.2, 0.25) is 0 Å². The zero-order valence-corrected chi connectivity index (χ0v) is 16.2. The standard InChI is InChI=1S/C24H20FN3O/c1-16-7-9-18(10-8-16)24-21(28-14-13-17(2)15-22(28)27-24)11-12-23(29)26-20-6-4-3-5-19(20)25/h3-15H,1-2H3,(H,26,29)/b12-11+. The zero-order chi connectivity index (χ0) is 20.4. The van der Waals surface area contributed by atoms with Gasteiger partial charge in [-0.25, -0.2) is 9.37 Å². The lowest BCUT2D eigenvalue weighted by molar-refractivity contribution is -0.111. The first-order chi connectivity index (χ1) is 14.0. The highest BCUT2D eigenvalue weighted by atomic mass is 19.1. The molecule has 4 nitrogen and oxygen atoms in total. The minimum atomic E-state index is -0.472. The average Bonchev–Trinajstić information content (AvgIpc) is 3.06. The molecular weight excluding hydrogens is 365 g/mol. The highest BCUT2D eigenvalue weighted by Crippen LogP contribution is 2.26. The fraction of sp³-hybridized carbons (Fsp3) is 0.0833. The van der Waals surface area contributed by atoms with Gasteiger partial charge in [-0.15, -0.1) is 0 Å². The Morgan fingerprint density at radius 2 is 1.79 bits per heavy atom. The number of nitrogens with one attached hydrogen (secondary N) is 1. The van der Waals surface area contributed by atoms with Crippen LogP contribution in [0.1, 0.15) is 16.8 Å². The second-order valence-corrected chi connectivity index (χ2v) is 6.95. The molecule has 2 heterocycles. The number of carbonyl (C=O) groups excluding carboxylic acids is 1. The number of pyridine rings is 1. The minimum Gasteiger partial charge on any atom is -0.320 e. The van der Waals surface area contributed by atoms with Gasteiger partial charge in [0.25, 0.3) is 0 Å². The van der Waals surface area contributed by atoms with Gasteiger partial charge in [-0.05, 0) is 49.8 Å². The van der Waals surface area contributed by atoms with Gasteiger partial charge in [0.1, 0.15) is 11.5 Å². The Kier molecular flexibility index (Phi) is 4.96. The number of hydrogen-bond acceptors (Lipinski definition) is 2. The van der Waals surface area contributed by atoms with Crippen LogP contribution in [0.3, 0.4) is 0 Å². The Morgan fingerprint density at radius 3 is 2.55 bits per heavy atom. The SMILES string of the molecule is Cc1ccc(-c2nc3cc(C)ccn3c2/C=C/C(=O)Nc2ccccc2F)cc1. The highest BCUT2D eigenvalue weighted by molar-refractivity contribution is 6.02. The third-order valence-corrected chi connectivity index (χ3v) is 4.67. The van der Waals surface area contributed by atoms with E-state index in [1.54, 1.807) is 18.2 Å². The van der Waals surface area contributed by atoms with Gasteiger partial charge in [-0.1, -0.05) is 42.0 Å². The number of fused-ring (bicyclic) bond motifs is 1. The van der Waals surface area contributed by atoms with Gasteiger partial charge in [0.15, 0.2) is 0 Å². The summed E-state index contributed by atoms with van der Waals surface area (Å²) in [6.07, 6.45) is 5.04. The van der Waals surface area contributed by atoms with Crippen LogP contribution in [0, 0.1) is 19.7 Å². The summed E-state index contributed by atoms with van der Waals surface area (Å²) in [6, 6.07) is 18.2. The number of benzene rings is 2. The molecule has 0 saturated heterocycles. The van der Waals surface area contributed by atoms with E-state index in [0.29, 0.717) is 0 Å². The molecule has 0 radical (unpaired) electrons. The molecule has 0 atom stereocenters. The molecule has 0 saturated carbocycles. The molecule has 2 aromatic heterocycles. The monoisotopic (exact) mass is 385 g/mol.